The predicted molar refractivity (Wildman–Crippen MR) is 88.1 cm³/mol. The number of carbonyl (C=O) groups excluding carboxylic acids is 1. The predicted octanol–water partition coefficient (Wildman–Crippen LogP) is 3.92. The van der Waals surface area contributed by atoms with Gasteiger partial charge >= 0.3 is 0 Å². The first-order chi connectivity index (χ1) is 10.6. The van der Waals surface area contributed by atoms with Gasteiger partial charge in [-0.2, -0.15) is 0 Å². The molecule has 1 aromatic rings. The Labute approximate surface area is 137 Å². The van der Waals surface area contributed by atoms with Gasteiger partial charge in [0.05, 0.1) is 7.11 Å². The van der Waals surface area contributed by atoms with Crippen LogP contribution in [0, 0.1) is 17.8 Å². The minimum atomic E-state index is -0.646. The van der Waals surface area contributed by atoms with E-state index in [1.807, 2.05) is 24.3 Å². The molecule has 0 radical (unpaired) electrons. The van der Waals surface area contributed by atoms with Crippen molar-refractivity contribution < 1.29 is 9.53 Å². The molecule has 0 aromatic heterocycles. The van der Waals surface area contributed by atoms with Crippen molar-refractivity contribution in [3.05, 3.63) is 29.8 Å². The molecular formula is C18H24ClNO2. The summed E-state index contributed by atoms with van der Waals surface area (Å²) in [6.07, 6.45) is 5.33. The van der Waals surface area contributed by atoms with E-state index < -0.39 is 5.38 Å². The van der Waals surface area contributed by atoms with Crippen molar-refractivity contribution in [1.29, 1.82) is 0 Å². The van der Waals surface area contributed by atoms with E-state index in [4.69, 9.17) is 16.3 Å². The maximum Gasteiger partial charge on any atom is 0.242 e. The summed E-state index contributed by atoms with van der Waals surface area (Å²) >= 11 is 6.33. The first kappa shape index (κ1) is 15.7. The smallest absolute Gasteiger partial charge is 0.242 e. The second kappa shape index (κ2) is 6.49. The Balaban J connectivity index is 1.58. The Hall–Kier alpha value is -1.22. The van der Waals surface area contributed by atoms with E-state index in [1.54, 1.807) is 7.11 Å². The Bertz CT molecular complexity index is 530. The van der Waals surface area contributed by atoms with Gasteiger partial charge in [-0.1, -0.05) is 18.6 Å². The van der Waals surface area contributed by atoms with Gasteiger partial charge < -0.3 is 10.1 Å². The van der Waals surface area contributed by atoms with Crippen molar-refractivity contribution in [2.75, 3.05) is 7.11 Å². The lowest BCUT2D eigenvalue weighted by Crippen LogP contribution is -2.41. The molecule has 3 nitrogen and oxygen atoms in total. The zero-order chi connectivity index (χ0) is 15.7. The number of carbonyl (C=O) groups is 1. The number of fused-ring (bicyclic) bond motifs is 2. The lowest BCUT2D eigenvalue weighted by Gasteiger charge is -2.29. The van der Waals surface area contributed by atoms with Crippen LogP contribution in [0.15, 0.2) is 24.3 Å². The largest absolute Gasteiger partial charge is 0.497 e. The van der Waals surface area contributed by atoms with Crippen LogP contribution in [0.5, 0.6) is 5.75 Å². The van der Waals surface area contributed by atoms with Crippen molar-refractivity contribution in [3.63, 3.8) is 0 Å². The summed E-state index contributed by atoms with van der Waals surface area (Å²) < 4.78 is 5.13. The summed E-state index contributed by atoms with van der Waals surface area (Å²) in [5.74, 6) is 2.99. The molecule has 1 amide bonds. The molecule has 4 heteroatoms. The van der Waals surface area contributed by atoms with Crippen LogP contribution in [0.2, 0.25) is 0 Å². The number of rotatable bonds is 5. The molecule has 3 rings (SSSR count). The molecule has 2 aliphatic rings. The highest BCUT2D eigenvalue weighted by molar-refractivity contribution is 6.30. The highest BCUT2D eigenvalue weighted by Gasteiger charge is 2.42. The normalized spacial score (nSPS) is 29.1. The highest BCUT2D eigenvalue weighted by Crippen LogP contribution is 2.49. The molecule has 5 unspecified atom stereocenters. The number of amides is 1. The van der Waals surface area contributed by atoms with Crippen LogP contribution >= 0.6 is 11.6 Å². The summed E-state index contributed by atoms with van der Waals surface area (Å²) in [6, 6.07) is 7.56. The Morgan fingerprint density at radius 2 is 2.00 bits per heavy atom. The van der Waals surface area contributed by atoms with E-state index in [0.717, 1.165) is 23.1 Å². The molecule has 1 N–H and O–H groups in total. The van der Waals surface area contributed by atoms with Crippen molar-refractivity contribution in [2.45, 2.75) is 44.0 Å². The summed E-state index contributed by atoms with van der Waals surface area (Å²) in [7, 11) is 1.62. The molecule has 120 valence electrons. The van der Waals surface area contributed by atoms with Crippen molar-refractivity contribution in [3.8, 4) is 5.75 Å². The molecule has 1 aromatic carbocycles. The summed E-state index contributed by atoms with van der Waals surface area (Å²) in [5, 5.41) is 2.49. The van der Waals surface area contributed by atoms with E-state index in [-0.39, 0.29) is 11.9 Å². The highest BCUT2D eigenvalue weighted by atomic mass is 35.5. The summed E-state index contributed by atoms with van der Waals surface area (Å²) in [5.41, 5.74) is 0.806. The van der Waals surface area contributed by atoms with Crippen molar-refractivity contribution in [2.24, 2.45) is 17.8 Å². The van der Waals surface area contributed by atoms with Crippen LogP contribution in [-0.2, 0) is 4.79 Å². The third-order valence-corrected chi connectivity index (χ3v) is 5.89. The number of nitrogens with one attached hydrogen (secondary N) is 1. The van der Waals surface area contributed by atoms with Gasteiger partial charge in [0.1, 0.15) is 11.1 Å². The number of alkyl halides is 1. The lowest BCUT2D eigenvalue weighted by atomic mass is 9.84. The summed E-state index contributed by atoms with van der Waals surface area (Å²) in [6.45, 7) is 2.13. The summed E-state index contributed by atoms with van der Waals surface area (Å²) in [4.78, 5) is 12.4. The number of ether oxygens (including phenoxy) is 1. The second-order valence-corrected chi connectivity index (χ2v) is 7.21. The number of hydrogen-bond acceptors (Lipinski definition) is 2. The molecule has 2 saturated carbocycles. The molecule has 0 aliphatic heterocycles. The van der Waals surface area contributed by atoms with Gasteiger partial charge in [0.15, 0.2) is 0 Å². The molecule has 2 bridgehead atoms. The van der Waals surface area contributed by atoms with E-state index in [1.165, 1.54) is 25.7 Å². The van der Waals surface area contributed by atoms with E-state index in [0.29, 0.717) is 5.92 Å². The topological polar surface area (TPSA) is 38.3 Å². The van der Waals surface area contributed by atoms with E-state index in [2.05, 4.69) is 12.2 Å². The van der Waals surface area contributed by atoms with Crippen LogP contribution in [0.4, 0.5) is 0 Å². The standard InChI is InChI=1S/C18H24ClNO2/c1-11(16-10-12-3-4-14(16)9-12)20-18(21)17(19)13-5-7-15(22-2)8-6-13/h5-8,11-12,14,16-17H,3-4,9-10H2,1-2H3,(H,20,21). The van der Waals surface area contributed by atoms with Crippen LogP contribution in [0.25, 0.3) is 0 Å². The van der Waals surface area contributed by atoms with Crippen LogP contribution in [0.3, 0.4) is 0 Å². The van der Waals surface area contributed by atoms with Crippen molar-refractivity contribution >= 4 is 17.5 Å². The van der Waals surface area contributed by atoms with Gasteiger partial charge in [-0.15, -0.1) is 11.6 Å². The van der Waals surface area contributed by atoms with Crippen LogP contribution in [-0.4, -0.2) is 19.1 Å². The van der Waals surface area contributed by atoms with E-state index >= 15 is 0 Å². The molecule has 2 fully saturated rings. The molecule has 22 heavy (non-hydrogen) atoms. The average Bonchev–Trinajstić information content (AvgIpc) is 3.17. The molecule has 2 aliphatic carbocycles. The van der Waals surface area contributed by atoms with Gasteiger partial charge in [0.25, 0.3) is 0 Å². The number of benzene rings is 1. The fourth-order valence-electron chi connectivity index (χ4n) is 4.24. The molecule has 0 spiro atoms. The zero-order valence-electron chi connectivity index (χ0n) is 13.2. The Kier molecular flexibility index (Phi) is 4.62. The minimum absolute atomic E-state index is 0.0953. The quantitative estimate of drug-likeness (QED) is 0.835. The Morgan fingerprint density at radius 3 is 2.55 bits per heavy atom. The number of methoxy groups -OCH3 is 1. The molecular weight excluding hydrogens is 298 g/mol. The molecule has 5 atom stereocenters. The molecule has 0 saturated heterocycles. The fraction of sp³-hybridized carbons (Fsp3) is 0.611. The van der Waals surface area contributed by atoms with Gasteiger partial charge in [-0.05, 0) is 61.6 Å². The van der Waals surface area contributed by atoms with Crippen LogP contribution in [0.1, 0.15) is 43.5 Å². The minimum Gasteiger partial charge on any atom is -0.497 e. The zero-order valence-corrected chi connectivity index (χ0v) is 14.0. The fourth-order valence-corrected chi connectivity index (χ4v) is 4.44. The SMILES string of the molecule is COc1ccc(C(Cl)C(=O)NC(C)C2CC3CCC2C3)cc1. The Morgan fingerprint density at radius 1 is 1.27 bits per heavy atom. The van der Waals surface area contributed by atoms with Gasteiger partial charge in [-0.3, -0.25) is 4.79 Å². The third-order valence-electron chi connectivity index (χ3n) is 5.44. The maximum atomic E-state index is 12.4. The van der Waals surface area contributed by atoms with Gasteiger partial charge in [0.2, 0.25) is 5.91 Å². The number of halogens is 1. The monoisotopic (exact) mass is 321 g/mol. The second-order valence-electron chi connectivity index (χ2n) is 6.77. The first-order valence-corrected chi connectivity index (χ1v) is 8.60. The number of hydrogen-bond donors (Lipinski definition) is 1. The maximum absolute atomic E-state index is 12.4. The van der Waals surface area contributed by atoms with Gasteiger partial charge in [-0.25, -0.2) is 0 Å². The lowest BCUT2D eigenvalue weighted by molar-refractivity contribution is -0.121. The molecule has 0 heterocycles. The van der Waals surface area contributed by atoms with E-state index in [9.17, 15) is 4.79 Å². The average molecular weight is 322 g/mol. The van der Waals surface area contributed by atoms with Gasteiger partial charge in [0, 0.05) is 6.04 Å². The first-order valence-electron chi connectivity index (χ1n) is 8.17. The third kappa shape index (κ3) is 3.10. The van der Waals surface area contributed by atoms with Crippen molar-refractivity contribution in [1.82, 2.24) is 5.32 Å². The van der Waals surface area contributed by atoms with Crippen LogP contribution < -0.4 is 10.1 Å².